The number of hydrogen-bond donors (Lipinski definition) is 3. The number of phenolic OH excluding ortho intramolecular Hbond substituents is 1. The van der Waals surface area contributed by atoms with Crippen LogP contribution in [0.3, 0.4) is 0 Å². The Hall–Kier alpha value is -2.82. The van der Waals surface area contributed by atoms with E-state index in [1.165, 1.54) is 13.3 Å². The van der Waals surface area contributed by atoms with Crippen LogP contribution in [0.1, 0.15) is 18.1 Å². The smallest absolute Gasteiger partial charge is 0.262 e. The van der Waals surface area contributed by atoms with Gasteiger partial charge in [-0.15, -0.1) is 0 Å². The minimum atomic E-state index is -0.757. The zero-order valence-corrected chi connectivity index (χ0v) is 18.4. The minimum Gasteiger partial charge on any atom is -0.504 e. The maximum atomic E-state index is 12.1. The maximum Gasteiger partial charge on any atom is 0.262 e. The summed E-state index contributed by atoms with van der Waals surface area (Å²) >= 11 is 1.97. The number of nitrogens with zero attached hydrogens (tertiary/aromatic N) is 1. The highest BCUT2D eigenvalue weighted by Crippen LogP contribution is 2.31. The first kappa shape index (κ1) is 22.5. The van der Waals surface area contributed by atoms with Gasteiger partial charge in [-0.05, 0) is 64.9 Å². The van der Waals surface area contributed by atoms with Gasteiger partial charge in [0.05, 0.1) is 30.4 Å². The number of carbonyl (C=O) groups is 2. The standard InChI is InChI=1S/C20H22IN3O5/c1-12(23-18(25)10-13-4-6-15(28-2)7-5-13)20(27)24-22-11-14-8-16(21)19(26)17(9-14)29-3/h4-9,11-12,26H,10H2,1-3H3,(H,23,25)(H,24,27)/b22-11+. The molecule has 0 saturated carbocycles. The molecule has 0 aliphatic heterocycles. The molecule has 0 bridgehead atoms. The lowest BCUT2D eigenvalue weighted by atomic mass is 10.1. The van der Waals surface area contributed by atoms with Gasteiger partial charge in [-0.2, -0.15) is 5.10 Å². The Morgan fingerprint density at radius 1 is 1.21 bits per heavy atom. The lowest BCUT2D eigenvalue weighted by Gasteiger charge is -2.12. The van der Waals surface area contributed by atoms with Gasteiger partial charge in [0.25, 0.3) is 5.91 Å². The Labute approximate surface area is 182 Å². The van der Waals surface area contributed by atoms with Gasteiger partial charge in [-0.3, -0.25) is 9.59 Å². The van der Waals surface area contributed by atoms with Crippen molar-refractivity contribution in [3.05, 3.63) is 51.1 Å². The number of halogens is 1. The topological polar surface area (TPSA) is 109 Å². The van der Waals surface area contributed by atoms with Crippen LogP contribution in [0.25, 0.3) is 0 Å². The van der Waals surface area contributed by atoms with Crippen molar-refractivity contribution in [1.29, 1.82) is 0 Å². The minimum absolute atomic E-state index is 0.0440. The molecule has 2 amide bonds. The number of aromatic hydroxyl groups is 1. The van der Waals surface area contributed by atoms with Gasteiger partial charge in [-0.25, -0.2) is 5.43 Å². The lowest BCUT2D eigenvalue weighted by molar-refractivity contribution is -0.128. The zero-order valence-electron chi connectivity index (χ0n) is 16.2. The number of phenols is 1. The van der Waals surface area contributed by atoms with Crippen molar-refractivity contribution in [3.63, 3.8) is 0 Å². The zero-order chi connectivity index (χ0) is 21.4. The van der Waals surface area contributed by atoms with E-state index in [-0.39, 0.29) is 18.1 Å². The molecule has 29 heavy (non-hydrogen) atoms. The van der Waals surface area contributed by atoms with Crippen molar-refractivity contribution in [1.82, 2.24) is 10.7 Å². The molecule has 154 valence electrons. The van der Waals surface area contributed by atoms with Crippen LogP contribution >= 0.6 is 22.6 Å². The number of nitrogens with one attached hydrogen (secondary N) is 2. The van der Waals surface area contributed by atoms with Gasteiger partial charge >= 0.3 is 0 Å². The molecular weight excluding hydrogens is 489 g/mol. The van der Waals surface area contributed by atoms with E-state index >= 15 is 0 Å². The van der Waals surface area contributed by atoms with Crippen LogP contribution in [0.2, 0.25) is 0 Å². The van der Waals surface area contributed by atoms with E-state index in [1.807, 2.05) is 22.6 Å². The Kier molecular flexibility index (Phi) is 8.25. The van der Waals surface area contributed by atoms with Crippen molar-refractivity contribution < 1.29 is 24.2 Å². The average Bonchev–Trinajstić information content (AvgIpc) is 2.70. The Balaban J connectivity index is 1.87. The van der Waals surface area contributed by atoms with Crippen LogP contribution in [0, 0.1) is 3.57 Å². The second kappa shape index (κ2) is 10.6. The van der Waals surface area contributed by atoms with Crippen LogP contribution < -0.4 is 20.2 Å². The van der Waals surface area contributed by atoms with Gasteiger partial charge in [0.15, 0.2) is 11.5 Å². The van der Waals surface area contributed by atoms with Crippen LogP contribution in [0.4, 0.5) is 0 Å². The number of hydrogen-bond acceptors (Lipinski definition) is 6. The number of benzene rings is 2. The molecular formula is C20H22IN3O5. The fourth-order valence-electron chi connectivity index (χ4n) is 2.38. The number of carbonyl (C=O) groups excluding carboxylic acids is 2. The summed E-state index contributed by atoms with van der Waals surface area (Å²) in [5, 5.41) is 16.3. The number of hydrazone groups is 1. The van der Waals surface area contributed by atoms with Gasteiger partial charge in [-0.1, -0.05) is 12.1 Å². The summed E-state index contributed by atoms with van der Waals surface area (Å²) in [6.07, 6.45) is 1.57. The molecule has 0 fully saturated rings. The molecule has 1 unspecified atom stereocenters. The number of methoxy groups -OCH3 is 2. The van der Waals surface area contributed by atoms with Crippen LogP contribution in [0.15, 0.2) is 41.5 Å². The van der Waals surface area contributed by atoms with Gasteiger partial charge in [0.2, 0.25) is 5.91 Å². The second-order valence-electron chi connectivity index (χ2n) is 6.10. The molecule has 8 nitrogen and oxygen atoms in total. The van der Waals surface area contributed by atoms with Crippen LogP contribution in [-0.4, -0.2) is 43.4 Å². The van der Waals surface area contributed by atoms with Crippen molar-refractivity contribution in [2.24, 2.45) is 5.10 Å². The van der Waals surface area contributed by atoms with E-state index < -0.39 is 11.9 Å². The Bertz CT molecular complexity index is 900. The van der Waals surface area contributed by atoms with Crippen molar-refractivity contribution in [2.75, 3.05) is 14.2 Å². The molecule has 1 atom stereocenters. The van der Waals surface area contributed by atoms with Crippen LogP contribution in [-0.2, 0) is 16.0 Å². The highest BCUT2D eigenvalue weighted by molar-refractivity contribution is 14.1. The fourth-order valence-corrected chi connectivity index (χ4v) is 3.00. The SMILES string of the molecule is COc1ccc(CC(=O)NC(C)C(=O)N/N=C/c2cc(I)c(O)c(OC)c2)cc1. The van der Waals surface area contributed by atoms with E-state index in [1.54, 1.807) is 50.4 Å². The molecule has 0 aliphatic carbocycles. The third-order valence-corrected chi connectivity index (χ3v) is 4.78. The van der Waals surface area contributed by atoms with Gasteiger partial charge in [0, 0.05) is 0 Å². The highest BCUT2D eigenvalue weighted by Gasteiger charge is 2.15. The highest BCUT2D eigenvalue weighted by atomic mass is 127. The summed E-state index contributed by atoms with van der Waals surface area (Å²) in [4.78, 5) is 24.2. The van der Waals surface area contributed by atoms with Crippen molar-refractivity contribution in [2.45, 2.75) is 19.4 Å². The first-order valence-corrected chi connectivity index (χ1v) is 9.73. The van der Waals surface area contributed by atoms with Gasteiger partial charge in [0.1, 0.15) is 11.8 Å². The third-order valence-electron chi connectivity index (χ3n) is 3.95. The summed E-state index contributed by atoms with van der Waals surface area (Å²) in [5.74, 6) is 0.330. The number of ether oxygens (including phenoxy) is 2. The second-order valence-corrected chi connectivity index (χ2v) is 7.26. The summed E-state index contributed by atoms with van der Waals surface area (Å²) < 4.78 is 10.7. The first-order valence-electron chi connectivity index (χ1n) is 8.65. The fraction of sp³-hybridized carbons (Fsp3) is 0.250. The molecule has 2 rings (SSSR count). The summed E-state index contributed by atoms with van der Waals surface area (Å²) in [7, 11) is 3.02. The van der Waals surface area contributed by atoms with E-state index in [0.717, 1.165) is 5.56 Å². The largest absolute Gasteiger partial charge is 0.504 e. The maximum absolute atomic E-state index is 12.1. The third kappa shape index (κ3) is 6.63. The predicted octanol–water partition coefficient (Wildman–Crippen LogP) is 2.21. The quantitative estimate of drug-likeness (QED) is 0.286. The molecule has 0 radical (unpaired) electrons. The molecule has 0 aliphatic rings. The Morgan fingerprint density at radius 3 is 2.52 bits per heavy atom. The van der Waals surface area contributed by atoms with E-state index in [9.17, 15) is 14.7 Å². The van der Waals surface area contributed by atoms with E-state index in [4.69, 9.17) is 9.47 Å². The van der Waals surface area contributed by atoms with Crippen molar-refractivity contribution in [3.8, 4) is 17.2 Å². The summed E-state index contributed by atoms with van der Waals surface area (Å²) in [6.45, 7) is 1.57. The lowest BCUT2D eigenvalue weighted by Crippen LogP contribution is -2.43. The van der Waals surface area contributed by atoms with E-state index in [2.05, 4.69) is 15.8 Å². The number of rotatable bonds is 8. The molecule has 3 N–H and O–H groups in total. The van der Waals surface area contributed by atoms with Gasteiger partial charge < -0.3 is 19.9 Å². The monoisotopic (exact) mass is 511 g/mol. The van der Waals surface area contributed by atoms with E-state index in [0.29, 0.717) is 20.6 Å². The molecule has 9 heteroatoms. The predicted molar refractivity (Wildman–Crippen MR) is 117 cm³/mol. The summed E-state index contributed by atoms with van der Waals surface area (Å²) in [6, 6.07) is 9.65. The average molecular weight is 511 g/mol. The molecule has 0 aromatic heterocycles. The first-order chi connectivity index (χ1) is 13.8. The molecule has 0 spiro atoms. The van der Waals surface area contributed by atoms with Crippen LogP contribution in [0.5, 0.6) is 17.2 Å². The summed E-state index contributed by atoms with van der Waals surface area (Å²) in [5.41, 5.74) is 3.83. The molecule has 2 aromatic rings. The Morgan fingerprint density at radius 2 is 1.90 bits per heavy atom. The molecule has 0 saturated heterocycles. The van der Waals surface area contributed by atoms with Crippen molar-refractivity contribution >= 4 is 40.6 Å². The molecule has 0 heterocycles. The molecule has 2 aromatic carbocycles. The normalized spacial score (nSPS) is 11.7. The number of amides is 2.